The molecule has 1 aliphatic rings. The van der Waals surface area contributed by atoms with E-state index in [0.717, 1.165) is 30.6 Å². The van der Waals surface area contributed by atoms with Gasteiger partial charge in [0.05, 0.1) is 19.6 Å². The third kappa shape index (κ3) is 4.98. The molecule has 3 nitrogen and oxygen atoms in total. The molecule has 0 aliphatic heterocycles. The second-order valence-electron chi connectivity index (χ2n) is 7.73. The minimum Gasteiger partial charge on any atom is -0.494 e. The molecule has 3 aromatic carbocycles. The number of terminal acetylenes is 1. The van der Waals surface area contributed by atoms with Crippen molar-refractivity contribution in [3.05, 3.63) is 89.5 Å². The zero-order chi connectivity index (χ0) is 21.5. The molecule has 4 rings (SSSR count). The molecule has 0 amide bonds. The van der Waals surface area contributed by atoms with Crippen molar-refractivity contribution in [2.45, 2.75) is 31.6 Å². The molecule has 0 fully saturated rings. The number of hydrogen-bond donors (Lipinski definition) is 0. The predicted octanol–water partition coefficient (Wildman–Crippen LogP) is 5.96. The summed E-state index contributed by atoms with van der Waals surface area (Å²) in [6, 6.07) is 24.2. The summed E-state index contributed by atoms with van der Waals surface area (Å²) in [7, 11) is 0. The lowest BCUT2D eigenvalue weighted by molar-refractivity contribution is -0.144. The normalized spacial score (nSPS) is 12.0. The average Bonchev–Trinajstić information content (AvgIpc) is 3.13. The number of unbranched alkanes of at least 4 members (excludes halogenated alkanes) is 2. The molecule has 0 spiro atoms. The number of carbonyl (C=O) groups excluding carboxylic acids is 1. The summed E-state index contributed by atoms with van der Waals surface area (Å²) in [4.78, 5) is 12.5. The minimum atomic E-state index is -0.138. The van der Waals surface area contributed by atoms with E-state index in [0.29, 0.717) is 19.6 Å². The van der Waals surface area contributed by atoms with Crippen molar-refractivity contribution in [2.75, 3.05) is 13.2 Å². The maximum Gasteiger partial charge on any atom is 0.306 e. The molecule has 0 atom stereocenters. The Bertz CT molecular complexity index is 1030. The van der Waals surface area contributed by atoms with Crippen LogP contribution in [0.5, 0.6) is 5.75 Å². The Kier molecular flexibility index (Phi) is 6.69. The molecule has 31 heavy (non-hydrogen) atoms. The van der Waals surface area contributed by atoms with E-state index in [9.17, 15) is 4.79 Å². The van der Waals surface area contributed by atoms with Gasteiger partial charge in [-0.1, -0.05) is 54.5 Å². The zero-order valence-corrected chi connectivity index (χ0v) is 17.6. The minimum absolute atomic E-state index is 0.0779. The van der Waals surface area contributed by atoms with Gasteiger partial charge in [0.15, 0.2) is 0 Å². The Morgan fingerprint density at radius 3 is 2.06 bits per heavy atom. The maximum absolute atomic E-state index is 12.5. The first-order chi connectivity index (χ1) is 15.3. The zero-order valence-electron chi connectivity index (χ0n) is 17.6. The van der Waals surface area contributed by atoms with Crippen LogP contribution in [0.1, 0.15) is 48.3 Å². The van der Waals surface area contributed by atoms with Gasteiger partial charge in [-0.3, -0.25) is 4.79 Å². The molecule has 0 saturated carbocycles. The van der Waals surface area contributed by atoms with Gasteiger partial charge in [-0.2, -0.15) is 0 Å². The Hall–Kier alpha value is -3.51. The van der Waals surface area contributed by atoms with E-state index in [1.54, 1.807) is 0 Å². The fraction of sp³-hybridized carbons (Fsp3) is 0.250. The quantitative estimate of drug-likeness (QED) is 0.248. The predicted molar refractivity (Wildman–Crippen MR) is 123 cm³/mol. The fourth-order valence-corrected chi connectivity index (χ4v) is 4.11. The van der Waals surface area contributed by atoms with Crippen LogP contribution in [0.3, 0.4) is 0 Å². The van der Waals surface area contributed by atoms with Crippen LogP contribution in [0.15, 0.2) is 72.8 Å². The molecule has 0 unspecified atom stereocenters. The highest BCUT2D eigenvalue weighted by Gasteiger charge is 2.30. The van der Waals surface area contributed by atoms with Crippen LogP contribution in [-0.4, -0.2) is 19.2 Å². The van der Waals surface area contributed by atoms with Gasteiger partial charge < -0.3 is 9.47 Å². The van der Waals surface area contributed by atoms with Crippen LogP contribution in [0, 0.1) is 12.3 Å². The van der Waals surface area contributed by atoms with E-state index in [1.165, 1.54) is 22.3 Å². The molecule has 3 heteroatoms. The number of rotatable bonds is 9. The molecule has 3 aromatic rings. The monoisotopic (exact) mass is 410 g/mol. The van der Waals surface area contributed by atoms with Crippen LogP contribution >= 0.6 is 0 Å². The van der Waals surface area contributed by atoms with Gasteiger partial charge in [0.25, 0.3) is 0 Å². The molecule has 0 N–H and O–H groups in total. The number of fused-ring (bicyclic) bond motifs is 3. The summed E-state index contributed by atoms with van der Waals surface area (Å²) >= 11 is 0. The van der Waals surface area contributed by atoms with Gasteiger partial charge in [0.2, 0.25) is 0 Å². The lowest BCUT2D eigenvalue weighted by Gasteiger charge is -2.13. The summed E-state index contributed by atoms with van der Waals surface area (Å²) in [5, 5.41) is 0. The summed E-state index contributed by atoms with van der Waals surface area (Å²) < 4.78 is 11.2. The van der Waals surface area contributed by atoms with Gasteiger partial charge in [-0.25, -0.2) is 0 Å². The standard InChI is InChI=1S/C28H26O3/c1-2-21-14-16-22(17-15-21)30-18-8-3-9-19-31-28(29)20-27-25-12-6-4-10-23(25)24-11-5-7-13-26(24)27/h1,4-7,10-17,27H,3,8-9,18-20H2. The Morgan fingerprint density at radius 1 is 0.806 bits per heavy atom. The van der Waals surface area contributed by atoms with Crippen LogP contribution in [0.25, 0.3) is 11.1 Å². The van der Waals surface area contributed by atoms with E-state index >= 15 is 0 Å². The van der Waals surface area contributed by atoms with E-state index in [-0.39, 0.29) is 11.9 Å². The largest absolute Gasteiger partial charge is 0.494 e. The van der Waals surface area contributed by atoms with E-state index in [1.807, 2.05) is 48.5 Å². The third-order valence-corrected chi connectivity index (χ3v) is 5.67. The number of hydrogen-bond acceptors (Lipinski definition) is 3. The lowest BCUT2D eigenvalue weighted by atomic mass is 9.94. The molecular weight excluding hydrogens is 384 g/mol. The second kappa shape index (κ2) is 10.00. The van der Waals surface area contributed by atoms with Gasteiger partial charge >= 0.3 is 5.97 Å². The van der Waals surface area contributed by atoms with E-state index in [2.05, 4.69) is 30.2 Å². The maximum atomic E-state index is 12.5. The van der Waals surface area contributed by atoms with E-state index in [4.69, 9.17) is 15.9 Å². The summed E-state index contributed by atoms with van der Waals surface area (Å²) in [5.74, 6) is 3.35. The highest BCUT2D eigenvalue weighted by Crippen LogP contribution is 2.46. The second-order valence-corrected chi connectivity index (χ2v) is 7.73. The van der Waals surface area contributed by atoms with Crippen LogP contribution in [0.4, 0.5) is 0 Å². The van der Waals surface area contributed by atoms with E-state index < -0.39 is 0 Å². The highest BCUT2D eigenvalue weighted by molar-refractivity contribution is 5.82. The molecule has 0 radical (unpaired) electrons. The summed E-state index contributed by atoms with van der Waals surface area (Å²) in [6.07, 6.45) is 8.43. The van der Waals surface area contributed by atoms with Gasteiger partial charge in [0, 0.05) is 11.5 Å². The van der Waals surface area contributed by atoms with Crippen molar-refractivity contribution in [3.63, 3.8) is 0 Å². The molecule has 0 aromatic heterocycles. The van der Waals surface area contributed by atoms with Crippen molar-refractivity contribution in [2.24, 2.45) is 0 Å². The van der Waals surface area contributed by atoms with Crippen LogP contribution in [-0.2, 0) is 9.53 Å². The van der Waals surface area contributed by atoms with Gasteiger partial charge in [-0.15, -0.1) is 6.42 Å². The first kappa shape index (κ1) is 20.8. The van der Waals surface area contributed by atoms with Crippen molar-refractivity contribution in [3.8, 4) is 29.2 Å². The molecule has 0 heterocycles. The SMILES string of the molecule is C#Cc1ccc(OCCCCCOC(=O)CC2c3ccccc3-c3ccccc32)cc1. The van der Waals surface area contributed by atoms with Crippen molar-refractivity contribution < 1.29 is 14.3 Å². The van der Waals surface area contributed by atoms with Crippen molar-refractivity contribution >= 4 is 5.97 Å². The smallest absolute Gasteiger partial charge is 0.306 e. The van der Waals surface area contributed by atoms with Crippen molar-refractivity contribution in [1.29, 1.82) is 0 Å². The first-order valence-electron chi connectivity index (χ1n) is 10.8. The Balaban J connectivity index is 1.18. The van der Waals surface area contributed by atoms with Crippen LogP contribution in [0.2, 0.25) is 0 Å². The molecule has 0 saturated heterocycles. The number of benzene rings is 3. The fourth-order valence-electron chi connectivity index (χ4n) is 4.11. The lowest BCUT2D eigenvalue weighted by Crippen LogP contribution is -2.11. The first-order valence-corrected chi connectivity index (χ1v) is 10.8. The average molecular weight is 411 g/mol. The highest BCUT2D eigenvalue weighted by atomic mass is 16.5. The molecule has 156 valence electrons. The summed E-state index contributed by atoms with van der Waals surface area (Å²) in [6.45, 7) is 1.09. The number of carbonyl (C=O) groups is 1. The van der Waals surface area contributed by atoms with Crippen molar-refractivity contribution in [1.82, 2.24) is 0 Å². The summed E-state index contributed by atoms with van der Waals surface area (Å²) in [5.41, 5.74) is 5.73. The van der Waals surface area contributed by atoms with Gasteiger partial charge in [-0.05, 0) is 65.8 Å². The molecular formula is C28H26O3. The molecule has 1 aliphatic carbocycles. The Morgan fingerprint density at radius 2 is 1.42 bits per heavy atom. The molecule has 0 bridgehead atoms. The van der Waals surface area contributed by atoms with Gasteiger partial charge in [0.1, 0.15) is 5.75 Å². The van der Waals surface area contributed by atoms with Crippen LogP contribution < -0.4 is 4.74 Å². The number of esters is 1. The Labute approximate surface area is 184 Å². The topological polar surface area (TPSA) is 35.5 Å². The number of ether oxygens (including phenoxy) is 2. The third-order valence-electron chi connectivity index (χ3n) is 5.67.